The number of aryl methyl sites for hydroxylation is 1. The third kappa shape index (κ3) is 3.07. The van der Waals surface area contributed by atoms with E-state index in [2.05, 4.69) is 15.4 Å². The number of hydrogen-bond donors (Lipinski definition) is 1. The molecule has 0 bridgehead atoms. The van der Waals surface area contributed by atoms with E-state index in [1.165, 1.54) is 6.20 Å². The van der Waals surface area contributed by atoms with Gasteiger partial charge in [0.2, 0.25) is 0 Å². The van der Waals surface area contributed by atoms with E-state index in [1.54, 1.807) is 23.0 Å². The lowest BCUT2D eigenvalue weighted by Crippen LogP contribution is -2.26. The minimum absolute atomic E-state index is 0.223. The van der Waals surface area contributed by atoms with Gasteiger partial charge in [-0.05, 0) is 18.2 Å². The van der Waals surface area contributed by atoms with Crippen molar-refractivity contribution in [3.63, 3.8) is 0 Å². The van der Waals surface area contributed by atoms with Gasteiger partial charge in [0.1, 0.15) is 5.69 Å². The maximum atomic E-state index is 11.8. The van der Waals surface area contributed by atoms with Crippen LogP contribution in [0.5, 0.6) is 0 Å². The molecule has 1 amide bonds. The Morgan fingerprint density at radius 2 is 2.28 bits per heavy atom. The van der Waals surface area contributed by atoms with Crippen molar-refractivity contribution in [1.29, 1.82) is 0 Å². The first-order valence-electron chi connectivity index (χ1n) is 5.53. The maximum Gasteiger partial charge on any atom is 0.269 e. The van der Waals surface area contributed by atoms with E-state index in [4.69, 9.17) is 11.6 Å². The van der Waals surface area contributed by atoms with Crippen LogP contribution in [-0.2, 0) is 13.5 Å². The summed E-state index contributed by atoms with van der Waals surface area (Å²) in [5, 5.41) is 7.35. The van der Waals surface area contributed by atoms with Gasteiger partial charge in [-0.3, -0.25) is 14.5 Å². The number of nitrogens with one attached hydrogen (secondary N) is 1. The number of aromatic nitrogens is 3. The zero-order valence-electron chi connectivity index (χ0n) is 9.93. The van der Waals surface area contributed by atoms with Crippen LogP contribution < -0.4 is 5.32 Å². The molecule has 18 heavy (non-hydrogen) atoms. The van der Waals surface area contributed by atoms with Gasteiger partial charge in [0.15, 0.2) is 0 Å². The predicted octanol–water partition coefficient (Wildman–Crippen LogP) is 1.44. The summed E-state index contributed by atoms with van der Waals surface area (Å²) in [6.45, 7) is 0.534. The van der Waals surface area contributed by atoms with Gasteiger partial charge in [-0.25, -0.2) is 0 Å². The van der Waals surface area contributed by atoms with Crippen molar-refractivity contribution >= 4 is 17.5 Å². The Morgan fingerprint density at radius 1 is 1.44 bits per heavy atom. The van der Waals surface area contributed by atoms with Crippen LogP contribution in [-0.4, -0.2) is 27.2 Å². The van der Waals surface area contributed by atoms with Crippen LogP contribution in [0.1, 0.15) is 16.2 Å². The fourth-order valence-electron chi connectivity index (χ4n) is 1.57. The molecule has 0 aliphatic rings. The molecule has 0 saturated heterocycles. The van der Waals surface area contributed by atoms with Crippen LogP contribution in [0.2, 0.25) is 5.02 Å². The summed E-state index contributed by atoms with van der Waals surface area (Å²) in [4.78, 5) is 15.7. The zero-order chi connectivity index (χ0) is 13.0. The van der Waals surface area contributed by atoms with Crippen molar-refractivity contribution < 1.29 is 4.79 Å². The van der Waals surface area contributed by atoms with Crippen LogP contribution in [0, 0.1) is 0 Å². The molecule has 0 saturated carbocycles. The largest absolute Gasteiger partial charge is 0.350 e. The van der Waals surface area contributed by atoms with Crippen LogP contribution in [0.4, 0.5) is 0 Å². The molecule has 0 spiro atoms. The Morgan fingerprint density at radius 3 is 2.94 bits per heavy atom. The van der Waals surface area contributed by atoms with E-state index in [0.717, 1.165) is 12.1 Å². The molecule has 2 rings (SSSR count). The number of amides is 1. The quantitative estimate of drug-likeness (QED) is 0.909. The monoisotopic (exact) mass is 264 g/mol. The Hall–Kier alpha value is -1.88. The third-order valence-electron chi connectivity index (χ3n) is 2.54. The van der Waals surface area contributed by atoms with Gasteiger partial charge in [-0.2, -0.15) is 5.10 Å². The molecule has 0 aliphatic carbocycles. The second kappa shape index (κ2) is 5.64. The van der Waals surface area contributed by atoms with E-state index >= 15 is 0 Å². The topological polar surface area (TPSA) is 59.8 Å². The SMILES string of the molecule is Cn1nccc1CCNC(=O)c1cc(Cl)ccn1. The highest BCUT2D eigenvalue weighted by Gasteiger charge is 2.07. The molecule has 0 aromatic carbocycles. The number of pyridine rings is 1. The van der Waals surface area contributed by atoms with E-state index in [1.807, 2.05) is 13.1 Å². The fourth-order valence-corrected chi connectivity index (χ4v) is 1.73. The molecule has 2 aromatic rings. The molecule has 0 atom stereocenters. The van der Waals surface area contributed by atoms with Gasteiger partial charge in [0.05, 0.1) is 0 Å². The smallest absolute Gasteiger partial charge is 0.269 e. The fraction of sp³-hybridized carbons (Fsp3) is 0.250. The van der Waals surface area contributed by atoms with Gasteiger partial charge >= 0.3 is 0 Å². The Kier molecular flexibility index (Phi) is 3.94. The van der Waals surface area contributed by atoms with Crippen molar-refractivity contribution in [3.05, 3.63) is 47.0 Å². The first kappa shape index (κ1) is 12.6. The number of hydrogen-bond acceptors (Lipinski definition) is 3. The highest BCUT2D eigenvalue weighted by atomic mass is 35.5. The highest BCUT2D eigenvalue weighted by Crippen LogP contribution is 2.07. The second-order valence-corrected chi connectivity index (χ2v) is 4.25. The van der Waals surface area contributed by atoms with Crippen LogP contribution in [0.25, 0.3) is 0 Å². The van der Waals surface area contributed by atoms with Crippen LogP contribution in [0.15, 0.2) is 30.6 Å². The van der Waals surface area contributed by atoms with Crippen molar-refractivity contribution in [2.24, 2.45) is 7.05 Å². The predicted molar refractivity (Wildman–Crippen MR) is 68.5 cm³/mol. The minimum atomic E-state index is -0.223. The molecular formula is C12H13ClN4O. The number of carbonyl (C=O) groups is 1. The van der Waals surface area contributed by atoms with Crippen LogP contribution >= 0.6 is 11.6 Å². The Labute approximate surface area is 110 Å². The van der Waals surface area contributed by atoms with Gasteiger partial charge in [0.25, 0.3) is 5.91 Å². The average Bonchev–Trinajstić information content (AvgIpc) is 2.75. The van der Waals surface area contributed by atoms with Crippen molar-refractivity contribution in [1.82, 2.24) is 20.1 Å². The zero-order valence-corrected chi connectivity index (χ0v) is 10.7. The average molecular weight is 265 g/mol. The number of halogens is 1. The lowest BCUT2D eigenvalue weighted by atomic mass is 10.3. The minimum Gasteiger partial charge on any atom is -0.350 e. The summed E-state index contributed by atoms with van der Waals surface area (Å²) in [6.07, 6.45) is 3.97. The first-order valence-corrected chi connectivity index (χ1v) is 5.91. The summed E-state index contributed by atoms with van der Waals surface area (Å²) in [6, 6.07) is 5.10. The molecule has 2 heterocycles. The van der Waals surface area contributed by atoms with E-state index < -0.39 is 0 Å². The standard InChI is InChI=1S/C12H13ClN4O/c1-17-10(4-7-16-17)3-6-15-12(18)11-8-9(13)2-5-14-11/h2,4-5,7-8H,3,6H2,1H3,(H,15,18). The van der Waals surface area contributed by atoms with Crippen molar-refractivity contribution in [2.75, 3.05) is 6.54 Å². The van der Waals surface area contributed by atoms with Gasteiger partial charge in [-0.15, -0.1) is 0 Å². The molecule has 0 radical (unpaired) electrons. The normalized spacial score (nSPS) is 10.3. The van der Waals surface area contributed by atoms with E-state index in [-0.39, 0.29) is 5.91 Å². The van der Waals surface area contributed by atoms with Crippen LogP contribution in [0.3, 0.4) is 0 Å². The lowest BCUT2D eigenvalue weighted by molar-refractivity contribution is 0.0949. The second-order valence-electron chi connectivity index (χ2n) is 3.81. The molecule has 2 aromatic heterocycles. The Balaban J connectivity index is 1.87. The number of rotatable bonds is 4. The van der Waals surface area contributed by atoms with E-state index in [9.17, 15) is 4.79 Å². The summed E-state index contributed by atoms with van der Waals surface area (Å²) in [7, 11) is 1.87. The summed E-state index contributed by atoms with van der Waals surface area (Å²) in [5.41, 5.74) is 1.39. The molecular weight excluding hydrogens is 252 g/mol. The first-order chi connectivity index (χ1) is 8.66. The molecule has 5 nitrogen and oxygen atoms in total. The molecule has 0 aliphatic heterocycles. The molecule has 6 heteroatoms. The van der Waals surface area contributed by atoms with Gasteiger partial charge in [0, 0.05) is 43.1 Å². The summed E-state index contributed by atoms with van der Waals surface area (Å²) >= 11 is 5.79. The third-order valence-corrected chi connectivity index (χ3v) is 2.78. The van der Waals surface area contributed by atoms with Gasteiger partial charge in [-0.1, -0.05) is 11.6 Å². The molecule has 1 N–H and O–H groups in total. The summed E-state index contributed by atoms with van der Waals surface area (Å²) in [5.74, 6) is -0.223. The van der Waals surface area contributed by atoms with Gasteiger partial charge < -0.3 is 5.32 Å². The Bertz CT molecular complexity index is 553. The number of carbonyl (C=O) groups excluding carboxylic acids is 1. The molecule has 0 fully saturated rings. The lowest BCUT2D eigenvalue weighted by Gasteiger charge is -2.05. The molecule has 94 valence electrons. The highest BCUT2D eigenvalue weighted by molar-refractivity contribution is 6.30. The number of nitrogens with zero attached hydrogens (tertiary/aromatic N) is 3. The maximum absolute atomic E-state index is 11.8. The van der Waals surface area contributed by atoms with E-state index in [0.29, 0.717) is 17.3 Å². The van der Waals surface area contributed by atoms with Crippen molar-refractivity contribution in [3.8, 4) is 0 Å². The summed E-state index contributed by atoms with van der Waals surface area (Å²) < 4.78 is 1.78. The molecule has 0 unspecified atom stereocenters. The van der Waals surface area contributed by atoms with Crippen molar-refractivity contribution in [2.45, 2.75) is 6.42 Å².